The number of aromatic nitrogens is 1. The fourth-order valence-corrected chi connectivity index (χ4v) is 4.06. The number of H-pyrrole nitrogens is 1. The SMILES string of the molecule is O=c1[nH]c2ccc(C(O)c3cc4c(s3)CCC4)cc2o1. The second-order valence-electron chi connectivity index (χ2n) is 5.12. The Hall–Kier alpha value is -1.85. The molecule has 1 unspecified atom stereocenters. The molecule has 5 heteroatoms. The Morgan fingerprint density at radius 3 is 3.05 bits per heavy atom. The summed E-state index contributed by atoms with van der Waals surface area (Å²) in [5.74, 6) is -0.471. The predicted molar refractivity (Wildman–Crippen MR) is 77.2 cm³/mol. The first-order valence-corrected chi connectivity index (χ1v) is 7.45. The Balaban J connectivity index is 1.74. The zero-order valence-electron chi connectivity index (χ0n) is 10.7. The van der Waals surface area contributed by atoms with Gasteiger partial charge in [-0.1, -0.05) is 6.07 Å². The van der Waals surface area contributed by atoms with Crippen LogP contribution in [0.1, 0.15) is 33.4 Å². The second kappa shape index (κ2) is 4.33. The lowest BCUT2D eigenvalue weighted by Crippen LogP contribution is -1.96. The van der Waals surface area contributed by atoms with Gasteiger partial charge < -0.3 is 9.52 Å². The monoisotopic (exact) mass is 287 g/mol. The molecule has 4 rings (SSSR count). The molecular weight excluding hydrogens is 274 g/mol. The summed E-state index contributed by atoms with van der Waals surface area (Å²) in [6, 6.07) is 7.42. The maximum Gasteiger partial charge on any atom is 0.417 e. The topological polar surface area (TPSA) is 66.2 Å². The Labute approximate surface area is 118 Å². The Kier molecular flexibility index (Phi) is 2.58. The molecule has 2 heterocycles. The van der Waals surface area contributed by atoms with Gasteiger partial charge in [-0.3, -0.25) is 4.98 Å². The average Bonchev–Trinajstić information content (AvgIpc) is 3.08. The molecule has 0 fully saturated rings. The predicted octanol–water partition coefficient (Wildman–Crippen LogP) is 2.75. The van der Waals surface area contributed by atoms with Crippen molar-refractivity contribution in [2.24, 2.45) is 0 Å². The maximum atomic E-state index is 11.2. The molecule has 0 bridgehead atoms. The zero-order chi connectivity index (χ0) is 13.7. The van der Waals surface area contributed by atoms with E-state index in [2.05, 4.69) is 11.1 Å². The van der Waals surface area contributed by atoms with E-state index in [1.807, 2.05) is 6.07 Å². The van der Waals surface area contributed by atoms with E-state index in [9.17, 15) is 9.90 Å². The van der Waals surface area contributed by atoms with Gasteiger partial charge in [-0.25, -0.2) is 4.79 Å². The summed E-state index contributed by atoms with van der Waals surface area (Å²) in [7, 11) is 0. The van der Waals surface area contributed by atoms with E-state index in [-0.39, 0.29) is 0 Å². The highest BCUT2D eigenvalue weighted by molar-refractivity contribution is 7.12. The third-order valence-electron chi connectivity index (χ3n) is 3.80. The van der Waals surface area contributed by atoms with Crippen LogP contribution in [0.3, 0.4) is 0 Å². The van der Waals surface area contributed by atoms with Crippen LogP contribution in [-0.2, 0) is 12.8 Å². The molecule has 102 valence electrons. The number of aromatic amines is 1. The van der Waals surface area contributed by atoms with Crippen molar-refractivity contribution in [3.63, 3.8) is 0 Å². The second-order valence-corrected chi connectivity index (χ2v) is 6.29. The van der Waals surface area contributed by atoms with E-state index in [0.29, 0.717) is 11.1 Å². The maximum absolute atomic E-state index is 11.2. The zero-order valence-corrected chi connectivity index (χ0v) is 11.5. The summed E-state index contributed by atoms with van der Waals surface area (Å²) < 4.78 is 5.04. The number of aryl methyl sites for hydroxylation is 2. The van der Waals surface area contributed by atoms with Crippen LogP contribution < -0.4 is 5.76 Å². The minimum Gasteiger partial charge on any atom is -0.408 e. The summed E-state index contributed by atoms with van der Waals surface area (Å²) in [5.41, 5.74) is 3.26. The molecule has 20 heavy (non-hydrogen) atoms. The lowest BCUT2D eigenvalue weighted by atomic mass is 10.1. The molecular formula is C15H13NO3S. The molecule has 0 spiro atoms. The van der Waals surface area contributed by atoms with Crippen LogP contribution in [0, 0.1) is 0 Å². The highest BCUT2D eigenvalue weighted by Gasteiger charge is 2.20. The number of aliphatic hydroxyl groups excluding tert-OH is 1. The number of nitrogens with one attached hydrogen (secondary N) is 1. The van der Waals surface area contributed by atoms with Crippen LogP contribution in [-0.4, -0.2) is 10.1 Å². The van der Waals surface area contributed by atoms with Gasteiger partial charge in [0.2, 0.25) is 0 Å². The molecule has 0 radical (unpaired) electrons. The third kappa shape index (κ3) is 1.82. The fraction of sp³-hybridized carbons (Fsp3) is 0.267. The van der Waals surface area contributed by atoms with E-state index >= 15 is 0 Å². The quantitative estimate of drug-likeness (QED) is 0.761. The molecule has 2 N–H and O–H groups in total. The molecule has 1 aliphatic carbocycles. The third-order valence-corrected chi connectivity index (χ3v) is 5.09. The largest absolute Gasteiger partial charge is 0.417 e. The number of rotatable bonds is 2. The normalized spacial score (nSPS) is 15.7. The first-order chi connectivity index (χ1) is 9.70. The van der Waals surface area contributed by atoms with Crippen molar-refractivity contribution < 1.29 is 9.52 Å². The number of aliphatic hydroxyl groups is 1. The molecule has 1 aliphatic rings. The molecule has 0 aliphatic heterocycles. The van der Waals surface area contributed by atoms with Crippen LogP contribution in [0.2, 0.25) is 0 Å². The first kappa shape index (κ1) is 11.9. The molecule has 0 saturated carbocycles. The van der Waals surface area contributed by atoms with Gasteiger partial charge in [0.15, 0.2) is 5.58 Å². The van der Waals surface area contributed by atoms with E-state index < -0.39 is 11.9 Å². The smallest absolute Gasteiger partial charge is 0.408 e. The fourth-order valence-electron chi connectivity index (χ4n) is 2.78. The summed E-state index contributed by atoms with van der Waals surface area (Å²) in [6.45, 7) is 0. The number of thiophene rings is 1. The molecule has 1 aromatic carbocycles. The van der Waals surface area contributed by atoms with Gasteiger partial charge in [-0.05, 0) is 48.6 Å². The molecule has 3 aromatic rings. The van der Waals surface area contributed by atoms with Crippen LogP contribution in [0.15, 0.2) is 33.5 Å². The van der Waals surface area contributed by atoms with E-state index in [1.54, 1.807) is 23.5 Å². The van der Waals surface area contributed by atoms with Gasteiger partial charge in [-0.2, -0.15) is 0 Å². The van der Waals surface area contributed by atoms with Crippen molar-refractivity contribution in [3.8, 4) is 0 Å². The van der Waals surface area contributed by atoms with Crippen molar-refractivity contribution in [2.45, 2.75) is 25.4 Å². The number of hydrogen-bond donors (Lipinski definition) is 2. The van der Waals surface area contributed by atoms with Gasteiger partial charge in [0.25, 0.3) is 0 Å². The van der Waals surface area contributed by atoms with Crippen molar-refractivity contribution in [1.82, 2.24) is 4.98 Å². The summed E-state index contributed by atoms with van der Waals surface area (Å²) in [4.78, 5) is 16.1. The average molecular weight is 287 g/mol. The van der Waals surface area contributed by atoms with Gasteiger partial charge in [-0.15, -0.1) is 11.3 Å². The Morgan fingerprint density at radius 1 is 1.30 bits per heavy atom. The van der Waals surface area contributed by atoms with Gasteiger partial charge in [0.05, 0.1) is 5.52 Å². The number of fused-ring (bicyclic) bond motifs is 2. The van der Waals surface area contributed by atoms with Gasteiger partial charge in [0.1, 0.15) is 6.10 Å². The standard InChI is InChI=1S/C15H13NO3S/c17-14(13-7-8-2-1-3-12(8)20-13)9-4-5-10-11(6-9)19-15(18)16-10/h4-7,14,17H,1-3H2,(H,16,18). The molecule has 0 saturated heterocycles. The summed E-state index contributed by atoms with van der Waals surface area (Å²) in [5, 5.41) is 10.5. The highest BCUT2D eigenvalue weighted by atomic mass is 32.1. The van der Waals surface area contributed by atoms with E-state index in [0.717, 1.165) is 23.3 Å². The van der Waals surface area contributed by atoms with E-state index in [4.69, 9.17) is 4.42 Å². The summed E-state index contributed by atoms with van der Waals surface area (Å²) in [6.07, 6.45) is 2.80. The molecule has 2 aromatic heterocycles. The highest BCUT2D eigenvalue weighted by Crippen LogP contribution is 2.36. The van der Waals surface area contributed by atoms with Crippen LogP contribution in [0.25, 0.3) is 11.1 Å². The van der Waals surface area contributed by atoms with Crippen molar-refractivity contribution in [3.05, 3.63) is 55.7 Å². The summed E-state index contributed by atoms with van der Waals surface area (Å²) >= 11 is 1.69. The van der Waals surface area contributed by atoms with Gasteiger partial charge >= 0.3 is 5.76 Å². The van der Waals surface area contributed by atoms with Crippen LogP contribution in [0.4, 0.5) is 0 Å². The molecule has 1 atom stereocenters. The van der Waals surface area contributed by atoms with Crippen LogP contribution >= 0.6 is 11.3 Å². The Morgan fingerprint density at radius 2 is 2.20 bits per heavy atom. The lowest BCUT2D eigenvalue weighted by molar-refractivity contribution is 0.224. The van der Waals surface area contributed by atoms with E-state index in [1.165, 1.54) is 16.9 Å². The lowest BCUT2D eigenvalue weighted by Gasteiger charge is -2.08. The number of benzene rings is 1. The molecule has 0 amide bonds. The minimum atomic E-state index is -0.657. The molecule has 4 nitrogen and oxygen atoms in total. The van der Waals surface area contributed by atoms with Crippen molar-refractivity contribution in [1.29, 1.82) is 0 Å². The first-order valence-electron chi connectivity index (χ1n) is 6.63. The number of oxazole rings is 1. The minimum absolute atomic E-state index is 0.471. The van der Waals surface area contributed by atoms with Crippen molar-refractivity contribution in [2.75, 3.05) is 0 Å². The number of hydrogen-bond acceptors (Lipinski definition) is 4. The van der Waals surface area contributed by atoms with Crippen LogP contribution in [0.5, 0.6) is 0 Å². The van der Waals surface area contributed by atoms with Crippen molar-refractivity contribution >= 4 is 22.4 Å². The van der Waals surface area contributed by atoms with Gasteiger partial charge in [0, 0.05) is 9.75 Å². The Bertz CT molecular complexity index is 821.